The zero-order valence-electron chi connectivity index (χ0n) is 20.0. The summed E-state index contributed by atoms with van der Waals surface area (Å²) in [5.74, 6) is 0.799. The van der Waals surface area contributed by atoms with Crippen LogP contribution in [0.2, 0.25) is 0 Å². The summed E-state index contributed by atoms with van der Waals surface area (Å²) in [6.45, 7) is 3.78. The van der Waals surface area contributed by atoms with E-state index in [0.29, 0.717) is 12.8 Å². The van der Waals surface area contributed by atoms with Gasteiger partial charge in [0, 0.05) is 34.3 Å². The van der Waals surface area contributed by atoms with Crippen LogP contribution in [0.15, 0.2) is 66.9 Å². The van der Waals surface area contributed by atoms with Crippen molar-refractivity contribution in [2.45, 2.75) is 37.8 Å². The van der Waals surface area contributed by atoms with Gasteiger partial charge >= 0.3 is 0 Å². The summed E-state index contributed by atoms with van der Waals surface area (Å²) in [5, 5.41) is 15.7. The van der Waals surface area contributed by atoms with Crippen molar-refractivity contribution >= 4 is 16.7 Å². The quantitative estimate of drug-likeness (QED) is 0.402. The van der Waals surface area contributed by atoms with Gasteiger partial charge in [0.15, 0.2) is 11.3 Å². The molecule has 2 aromatic carbocycles. The van der Waals surface area contributed by atoms with E-state index in [1.54, 1.807) is 11.6 Å². The highest BCUT2D eigenvalue weighted by atomic mass is 16.5. The summed E-state index contributed by atoms with van der Waals surface area (Å²) in [6, 6.07) is 20.3. The predicted octanol–water partition coefficient (Wildman–Crippen LogP) is 4.63. The Balaban J connectivity index is 1.52. The maximum absolute atomic E-state index is 10.2. The fourth-order valence-electron chi connectivity index (χ4n) is 5.34. The van der Waals surface area contributed by atoms with Crippen LogP contribution in [0, 0.1) is 6.92 Å². The molecule has 0 unspecified atom stereocenters. The van der Waals surface area contributed by atoms with Crippen LogP contribution >= 0.6 is 0 Å². The lowest BCUT2D eigenvalue weighted by Gasteiger charge is -2.49. The lowest BCUT2D eigenvalue weighted by molar-refractivity contribution is -0.0738. The molecule has 7 nitrogen and oxygen atoms in total. The van der Waals surface area contributed by atoms with Gasteiger partial charge < -0.3 is 15.6 Å². The Labute approximate surface area is 203 Å². The standard InChI is InChI=1S/C28H27N5O2/c1-17-12-24-30-14-20-13-23(18-6-10-22(35-3)11-7-18)25(31-26(20)33(24)32-17)19-4-8-21(9-5-19)28(29)15-27(2,34)16-28/h4-14,34H,15-16,29H2,1-3H3/t27-,28+. The number of nitrogens with two attached hydrogens (primary N) is 1. The summed E-state index contributed by atoms with van der Waals surface area (Å²) in [6.07, 6.45) is 2.95. The van der Waals surface area contributed by atoms with E-state index in [2.05, 4.69) is 40.4 Å². The van der Waals surface area contributed by atoms with Gasteiger partial charge in [0.1, 0.15) is 5.75 Å². The number of nitrogens with zero attached hydrogens (tertiary/aromatic N) is 4. The molecular weight excluding hydrogens is 438 g/mol. The van der Waals surface area contributed by atoms with E-state index >= 15 is 0 Å². The number of methoxy groups -OCH3 is 1. The molecule has 35 heavy (non-hydrogen) atoms. The molecule has 1 fully saturated rings. The van der Waals surface area contributed by atoms with Crippen LogP contribution in [0.3, 0.4) is 0 Å². The van der Waals surface area contributed by atoms with Gasteiger partial charge in [-0.2, -0.15) is 9.61 Å². The molecule has 1 aliphatic rings. The second-order valence-electron chi connectivity index (χ2n) is 9.92. The number of ether oxygens (including phenoxy) is 1. The van der Waals surface area contributed by atoms with Crippen LogP contribution in [0.25, 0.3) is 39.1 Å². The number of hydrogen-bond acceptors (Lipinski definition) is 6. The predicted molar refractivity (Wildman–Crippen MR) is 136 cm³/mol. The fraction of sp³-hybridized carbons (Fsp3) is 0.250. The third-order valence-corrected chi connectivity index (χ3v) is 6.91. The normalized spacial score (nSPS) is 21.9. The number of aryl methyl sites for hydroxylation is 1. The van der Waals surface area contributed by atoms with Gasteiger partial charge in [-0.05, 0) is 56.0 Å². The van der Waals surface area contributed by atoms with E-state index in [4.69, 9.17) is 15.5 Å². The van der Waals surface area contributed by atoms with E-state index in [1.165, 1.54) is 0 Å². The summed E-state index contributed by atoms with van der Waals surface area (Å²) >= 11 is 0. The number of hydrogen-bond donors (Lipinski definition) is 2. The third kappa shape index (κ3) is 3.64. The molecule has 176 valence electrons. The fourth-order valence-corrected chi connectivity index (χ4v) is 5.34. The number of aliphatic hydroxyl groups is 1. The van der Waals surface area contributed by atoms with Crippen LogP contribution < -0.4 is 10.5 Å². The first kappa shape index (κ1) is 21.7. The van der Waals surface area contributed by atoms with Crippen molar-refractivity contribution in [1.82, 2.24) is 19.6 Å². The SMILES string of the molecule is COc1ccc(-c2cc3cnc4cc(C)nn4c3nc2-c2ccc([C@]3(N)C[C@@](C)(O)C3)cc2)cc1. The Morgan fingerprint density at radius 2 is 1.69 bits per heavy atom. The zero-order chi connectivity index (χ0) is 24.4. The van der Waals surface area contributed by atoms with Crippen LogP contribution in [0.5, 0.6) is 5.75 Å². The van der Waals surface area contributed by atoms with Gasteiger partial charge in [-0.3, -0.25) is 0 Å². The molecule has 3 heterocycles. The molecule has 0 saturated heterocycles. The first-order chi connectivity index (χ1) is 16.7. The summed E-state index contributed by atoms with van der Waals surface area (Å²) in [5.41, 5.74) is 12.7. The van der Waals surface area contributed by atoms with Gasteiger partial charge in [-0.15, -0.1) is 0 Å². The van der Waals surface area contributed by atoms with Crippen molar-refractivity contribution in [3.8, 4) is 28.1 Å². The van der Waals surface area contributed by atoms with E-state index in [9.17, 15) is 5.11 Å². The van der Waals surface area contributed by atoms with E-state index in [-0.39, 0.29) is 0 Å². The maximum Gasteiger partial charge on any atom is 0.165 e. The minimum Gasteiger partial charge on any atom is -0.497 e. The number of fused-ring (bicyclic) bond motifs is 3. The van der Waals surface area contributed by atoms with Gasteiger partial charge in [-0.1, -0.05) is 36.4 Å². The highest BCUT2D eigenvalue weighted by Gasteiger charge is 2.49. The molecular formula is C28H27N5O2. The number of pyridine rings is 1. The van der Waals surface area contributed by atoms with E-state index in [1.807, 2.05) is 50.4 Å². The lowest BCUT2D eigenvalue weighted by Crippen LogP contribution is -2.58. The molecule has 0 bridgehead atoms. The zero-order valence-corrected chi connectivity index (χ0v) is 20.0. The largest absolute Gasteiger partial charge is 0.497 e. The average Bonchev–Trinajstić information content (AvgIpc) is 3.23. The molecule has 0 atom stereocenters. The first-order valence-electron chi connectivity index (χ1n) is 11.7. The molecule has 0 radical (unpaired) electrons. The molecule has 7 heteroatoms. The second kappa shape index (κ2) is 7.60. The number of aromatic nitrogens is 4. The Kier molecular flexibility index (Phi) is 4.71. The summed E-state index contributed by atoms with van der Waals surface area (Å²) in [4.78, 5) is 9.68. The second-order valence-corrected chi connectivity index (χ2v) is 9.92. The third-order valence-electron chi connectivity index (χ3n) is 6.91. The molecule has 1 aliphatic carbocycles. The van der Waals surface area contributed by atoms with Crippen molar-refractivity contribution in [2.24, 2.45) is 5.73 Å². The van der Waals surface area contributed by atoms with Crippen LogP contribution in [-0.4, -0.2) is 37.4 Å². The smallest absolute Gasteiger partial charge is 0.165 e. The Morgan fingerprint density at radius 1 is 1.00 bits per heavy atom. The monoisotopic (exact) mass is 465 g/mol. The van der Waals surface area contributed by atoms with Crippen LogP contribution in [-0.2, 0) is 5.54 Å². The highest BCUT2D eigenvalue weighted by molar-refractivity contribution is 5.90. The van der Waals surface area contributed by atoms with Crippen molar-refractivity contribution in [3.63, 3.8) is 0 Å². The molecule has 0 amide bonds. The molecule has 3 N–H and O–H groups in total. The van der Waals surface area contributed by atoms with Crippen molar-refractivity contribution in [1.29, 1.82) is 0 Å². The lowest BCUT2D eigenvalue weighted by atomic mass is 9.63. The minimum atomic E-state index is -0.698. The Bertz CT molecular complexity index is 1560. The Morgan fingerprint density at radius 3 is 2.34 bits per heavy atom. The Hall–Kier alpha value is -3.81. The van der Waals surface area contributed by atoms with E-state index in [0.717, 1.165) is 56.1 Å². The van der Waals surface area contributed by atoms with Crippen LogP contribution in [0.1, 0.15) is 31.0 Å². The molecule has 0 aliphatic heterocycles. The van der Waals surface area contributed by atoms with Gasteiger partial charge in [0.05, 0.1) is 24.1 Å². The summed E-state index contributed by atoms with van der Waals surface area (Å²) < 4.78 is 7.15. The molecule has 3 aromatic heterocycles. The average molecular weight is 466 g/mol. The van der Waals surface area contributed by atoms with Gasteiger partial charge in [0.2, 0.25) is 0 Å². The number of benzene rings is 2. The minimum absolute atomic E-state index is 0.498. The van der Waals surface area contributed by atoms with Crippen molar-refractivity contribution in [3.05, 3.63) is 78.1 Å². The van der Waals surface area contributed by atoms with Gasteiger partial charge in [-0.25, -0.2) is 9.97 Å². The maximum atomic E-state index is 10.2. The van der Waals surface area contributed by atoms with Crippen molar-refractivity contribution in [2.75, 3.05) is 7.11 Å². The highest BCUT2D eigenvalue weighted by Crippen LogP contribution is 2.46. The molecule has 6 rings (SSSR count). The molecule has 1 saturated carbocycles. The number of rotatable bonds is 4. The topological polar surface area (TPSA) is 98.6 Å². The molecule has 0 spiro atoms. The van der Waals surface area contributed by atoms with Crippen LogP contribution in [0.4, 0.5) is 0 Å². The first-order valence-corrected chi connectivity index (χ1v) is 11.7. The van der Waals surface area contributed by atoms with Crippen molar-refractivity contribution < 1.29 is 9.84 Å². The van der Waals surface area contributed by atoms with Gasteiger partial charge in [0.25, 0.3) is 0 Å². The van der Waals surface area contributed by atoms with E-state index < -0.39 is 11.1 Å². The molecule has 5 aromatic rings. The summed E-state index contributed by atoms with van der Waals surface area (Å²) in [7, 11) is 1.66.